The minimum Gasteiger partial charge on any atom is -0.481 e. The average molecular weight is 227 g/mol. The Hall–Kier alpha value is -1.02. The van der Waals surface area contributed by atoms with Crippen LogP contribution in [0.3, 0.4) is 0 Å². The molecule has 1 atom stereocenters. The summed E-state index contributed by atoms with van der Waals surface area (Å²) in [5.74, 6) is -1.42. The largest absolute Gasteiger partial charge is 0.481 e. The van der Waals surface area contributed by atoms with Crippen molar-refractivity contribution in [3.05, 3.63) is 34.9 Å². The zero-order valence-corrected chi connectivity index (χ0v) is 9.88. The number of hydrogen-bond acceptors (Lipinski definition) is 1. The van der Waals surface area contributed by atoms with E-state index in [0.29, 0.717) is 10.6 Å². The van der Waals surface area contributed by atoms with Gasteiger partial charge in [-0.1, -0.05) is 50.6 Å². The van der Waals surface area contributed by atoms with Crippen LogP contribution in [0.25, 0.3) is 0 Å². The highest BCUT2D eigenvalue weighted by Gasteiger charge is 2.33. The number of hydrogen-bond donors (Lipinski definition) is 1. The van der Waals surface area contributed by atoms with Gasteiger partial charge in [0.2, 0.25) is 0 Å². The van der Waals surface area contributed by atoms with Gasteiger partial charge in [-0.05, 0) is 17.0 Å². The molecule has 0 saturated carbocycles. The quantitative estimate of drug-likeness (QED) is 0.837. The summed E-state index contributed by atoms with van der Waals surface area (Å²) in [6, 6.07) is 7.10. The molecule has 0 aliphatic carbocycles. The average Bonchev–Trinajstić information content (AvgIpc) is 2.05. The van der Waals surface area contributed by atoms with Gasteiger partial charge in [0.1, 0.15) is 0 Å². The molecular weight excluding hydrogens is 212 g/mol. The number of aliphatic carboxylic acids is 1. The van der Waals surface area contributed by atoms with Crippen LogP contribution >= 0.6 is 11.6 Å². The fourth-order valence-electron chi connectivity index (χ4n) is 1.68. The Labute approximate surface area is 94.9 Å². The summed E-state index contributed by atoms with van der Waals surface area (Å²) in [4.78, 5) is 11.2. The molecule has 0 spiro atoms. The fourth-order valence-corrected chi connectivity index (χ4v) is 1.92. The van der Waals surface area contributed by atoms with Gasteiger partial charge in [-0.3, -0.25) is 4.79 Å². The van der Waals surface area contributed by atoms with Crippen molar-refractivity contribution in [2.24, 2.45) is 5.41 Å². The van der Waals surface area contributed by atoms with Gasteiger partial charge >= 0.3 is 5.97 Å². The minimum absolute atomic E-state index is 0.350. The van der Waals surface area contributed by atoms with E-state index in [1.165, 1.54) is 0 Å². The molecule has 1 rings (SSSR count). The molecule has 0 amide bonds. The van der Waals surface area contributed by atoms with Crippen LogP contribution in [0.4, 0.5) is 0 Å². The zero-order chi connectivity index (χ0) is 11.6. The van der Waals surface area contributed by atoms with Crippen molar-refractivity contribution in [2.75, 3.05) is 0 Å². The van der Waals surface area contributed by atoms with Crippen LogP contribution in [0, 0.1) is 5.41 Å². The van der Waals surface area contributed by atoms with E-state index in [2.05, 4.69) is 0 Å². The molecule has 82 valence electrons. The first kappa shape index (κ1) is 12.1. The normalized spacial score (nSPS) is 13.6. The maximum Gasteiger partial charge on any atom is 0.311 e. The Morgan fingerprint density at radius 3 is 2.27 bits per heavy atom. The van der Waals surface area contributed by atoms with E-state index in [0.717, 1.165) is 0 Å². The van der Waals surface area contributed by atoms with Crippen LogP contribution in [0.1, 0.15) is 32.3 Å². The third-order valence-electron chi connectivity index (χ3n) is 2.33. The van der Waals surface area contributed by atoms with Gasteiger partial charge in [-0.2, -0.15) is 0 Å². The molecule has 0 fully saturated rings. The van der Waals surface area contributed by atoms with Crippen LogP contribution in [0.2, 0.25) is 5.02 Å². The Balaban J connectivity index is 3.23. The molecule has 1 aromatic rings. The van der Waals surface area contributed by atoms with E-state index < -0.39 is 11.9 Å². The fraction of sp³-hybridized carbons (Fsp3) is 0.417. The van der Waals surface area contributed by atoms with Crippen LogP contribution in [0.15, 0.2) is 24.3 Å². The van der Waals surface area contributed by atoms with Crippen LogP contribution in [-0.4, -0.2) is 11.1 Å². The predicted octanol–water partition coefficient (Wildman–Crippen LogP) is 3.55. The number of carboxylic acids is 1. The summed E-state index contributed by atoms with van der Waals surface area (Å²) >= 11 is 6.01. The second kappa shape index (κ2) is 4.23. The van der Waals surface area contributed by atoms with Gasteiger partial charge in [0.25, 0.3) is 0 Å². The molecule has 0 heterocycles. The van der Waals surface area contributed by atoms with Crippen LogP contribution in [-0.2, 0) is 4.79 Å². The first-order chi connectivity index (χ1) is 6.84. The maximum absolute atomic E-state index is 11.2. The van der Waals surface area contributed by atoms with E-state index in [-0.39, 0.29) is 5.41 Å². The van der Waals surface area contributed by atoms with Crippen molar-refractivity contribution in [3.63, 3.8) is 0 Å². The third kappa shape index (κ3) is 2.72. The second-order valence-corrected chi connectivity index (χ2v) is 5.07. The van der Waals surface area contributed by atoms with E-state index in [1.807, 2.05) is 26.8 Å². The molecule has 0 radical (unpaired) electrons. The van der Waals surface area contributed by atoms with Crippen LogP contribution in [0.5, 0.6) is 0 Å². The smallest absolute Gasteiger partial charge is 0.311 e. The highest BCUT2D eigenvalue weighted by molar-refractivity contribution is 6.31. The summed E-state index contributed by atoms with van der Waals surface area (Å²) in [6.07, 6.45) is 0. The number of halogens is 1. The summed E-state index contributed by atoms with van der Waals surface area (Å²) in [6.45, 7) is 5.69. The molecule has 3 heteroatoms. The Bertz CT molecular complexity index is 366. The predicted molar refractivity (Wildman–Crippen MR) is 61.3 cm³/mol. The summed E-state index contributed by atoms with van der Waals surface area (Å²) < 4.78 is 0. The molecule has 0 bridgehead atoms. The van der Waals surface area contributed by atoms with Gasteiger partial charge in [0.05, 0.1) is 5.92 Å². The van der Waals surface area contributed by atoms with E-state index in [1.54, 1.807) is 18.2 Å². The van der Waals surface area contributed by atoms with E-state index >= 15 is 0 Å². The summed E-state index contributed by atoms with van der Waals surface area (Å²) in [5.41, 5.74) is 0.329. The number of carbonyl (C=O) groups is 1. The molecule has 0 aromatic heterocycles. The number of carboxylic acid groups (broad SMARTS) is 1. The lowest BCUT2D eigenvalue weighted by atomic mass is 9.76. The lowest BCUT2D eigenvalue weighted by molar-refractivity contribution is -0.141. The van der Waals surface area contributed by atoms with Crippen molar-refractivity contribution >= 4 is 17.6 Å². The van der Waals surface area contributed by atoms with Crippen molar-refractivity contribution in [2.45, 2.75) is 26.7 Å². The molecule has 0 aliphatic rings. The molecule has 2 nitrogen and oxygen atoms in total. The molecule has 1 N–H and O–H groups in total. The highest BCUT2D eigenvalue weighted by Crippen LogP contribution is 2.38. The van der Waals surface area contributed by atoms with Gasteiger partial charge < -0.3 is 5.11 Å². The SMILES string of the molecule is CC(C)(C)C(C(=O)O)c1ccccc1Cl. The highest BCUT2D eigenvalue weighted by atomic mass is 35.5. The van der Waals surface area contributed by atoms with Crippen LogP contribution < -0.4 is 0 Å². The van der Waals surface area contributed by atoms with E-state index in [4.69, 9.17) is 11.6 Å². The Kier molecular flexibility index (Phi) is 3.40. The van der Waals surface area contributed by atoms with Crippen molar-refractivity contribution in [3.8, 4) is 0 Å². The first-order valence-corrected chi connectivity index (χ1v) is 5.19. The third-order valence-corrected chi connectivity index (χ3v) is 2.67. The summed E-state index contributed by atoms with van der Waals surface area (Å²) in [7, 11) is 0. The van der Waals surface area contributed by atoms with Gasteiger partial charge in [0, 0.05) is 5.02 Å². The molecule has 0 aliphatic heterocycles. The van der Waals surface area contributed by atoms with Crippen molar-refractivity contribution in [1.29, 1.82) is 0 Å². The topological polar surface area (TPSA) is 37.3 Å². The van der Waals surface area contributed by atoms with Crippen molar-refractivity contribution < 1.29 is 9.90 Å². The molecular formula is C12H15ClO2. The molecule has 0 saturated heterocycles. The first-order valence-electron chi connectivity index (χ1n) is 4.81. The molecule has 15 heavy (non-hydrogen) atoms. The summed E-state index contributed by atoms with van der Waals surface area (Å²) in [5, 5.41) is 9.74. The molecule has 1 unspecified atom stereocenters. The molecule has 1 aromatic carbocycles. The monoisotopic (exact) mass is 226 g/mol. The van der Waals surface area contributed by atoms with Gasteiger partial charge in [-0.25, -0.2) is 0 Å². The van der Waals surface area contributed by atoms with Gasteiger partial charge in [0.15, 0.2) is 0 Å². The lowest BCUT2D eigenvalue weighted by Crippen LogP contribution is -2.26. The maximum atomic E-state index is 11.2. The number of benzene rings is 1. The number of rotatable bonds is 2. The van der Waals surface area contributed by atoms with Crippen molar-refractivity contribution in [1.82, 2.24) is 0 Å². The lowest BCUT2D eigenvalue weighted by Gasteiger charge is -2.28. The zero-order valence-electron chi connectivity index (χ0n) is 9.12. The minimum atomic E-state index is -0.837. The van der Waals surface area contributed by atoms with Gasteiger partial charge in [-0.15, -0.1) is 0 Å². The van der Waals surface area contributed by atoms with E-state index in [9.17, 15) is 9.90 Å². The standard InChI is InChI=1S/C12H15ClO2/c1-12(2,3)10(11(14)15)8-6-4-5-7-9(8)13/h4-7,10H,1-3H3,(H,14,15). The Morgan fingerprint density at radius 1 is 1.33 bits per heavy atom. The second-order valence-electron chi connectivity index (χ2n) is 4.66. The Morgan fingerprint density at radius 2 is 1.87 bits per heavy atom.